The maximum atomic E-state index is 13.6. The molecule has 0 aliphatic heterocycles. The first kappa shape index (κ1) is 15.3. The van der Waals surface area contributed by atoms with Crippen molar-refractivity contribution in [2.45, 2.75) is 6.54 Å². The van der Waals surface area contributed by atoms with E-state index in [1.165, 1.54) is 23.5 Å². The van der Waals surface area contributed by atoms with E-state index in [1.807, 2.05) is 6.07 Å². The Kier molecular flexibility index (Phi) is 3.45. The molecule has 0 aliphatic carbocycles. The molecule has 0 unspecified atom stereocenters. The molecular weight excluding hydrogens is 323 g/mol. The van der Waals surface area contributed by atoms with Crippen molar-refractivity contribution in [3.63, 3.8) is 0 Å². The molecule has 0 aromatic carbocycles. The Morgan fingerprint density at radius 3 is 2.92 bits per heavy atom. The monoisotopic (exact) mass is 338 g/mol. The van der Waals surface area contributed by atoms with Crippen molar-refractivity contribution in [3.8, 4) is 11.3 Å². The molecule has 1 amide bonds. The molecule has 0 spiro atoms. The molecule has 0 radical (unpaired) electrons. The predicted molar refractivity (Wildman–Crippen MR) is 91.3 cm³/mol. The van der Waals surface area contributed by atoms with Crippen LogP contribution in [0.25, 0.3) is 33.3 Å². The van der Waals surface area contributed by atoms with Crippen LogP contribution in [0.2, 0.25) is 0 Å². The second-order valence-corrected chi connectivity index (χ2v) is 5.94. The van der Waals surface area contributed by atoms with Gasteiger partial charge < -0.3 is 14.5 Å². The molecular formula is C17H15FN6O. The molecule has 4 aromatic heterocycles. The number of pyridine rings is 1. The van der Waals surface area contributed by atoms with Gasteiger partial charge in [0.15, 0.2) is 0 Å². The predicted octanol–water partition coefficient (Wildman–Crippen LogP) is 2.20. The lowest BCUT2D eigenvalue weighted by molar-refractivity contribution is -0.129. The van der Waals surface area contributed by atoms with E-state index >= 15 is 0 Å². The molecule has 0 aliphatic rings. The minimum Gasteiger partial charge on any atom is -0.347 e. The lowest BCUT2D eigenvalue weighted by atomic mass is 10.1. The largest absolute Gasteiger partial charge is 0.347 e. The van der Waals surface area contributed by atoms with Gasteiger partial charge in [0, 0.05) is 42.8 Å². The van der Waals surface area contributed by atoms with E-state index in [0.29, 0.717) is 22.4 Å². The normalized spacial score (nSPS) is 11.3. The molecule has 0 saturated heterocycles. The number of fused-ring (bicyclic) bond motifs is 2. The first-order valence-corrected chi connectivity index (χ1v) is 7.67. The smallest absolute Gasteiger partial charge is 0.242 e. The molecule has 0 bridgehead atoms. The molecule has 4 aromatic rings. The molecule has 126 valence electrons. The summed E-state index contributed by atoms with van der Waals surface area (Å²) in [6, 6.07) is 3.29. The number of carbonyl (C=O) groups excluding carboxylic acids is 1. The highest BCUT2D eigenvalue weighted by Gasteiger charge is 2.16. The topological polar surface area (TPSA) is 79.7 Å². The van der Waals surface area contributed by atoms with Gasteiger partial charge in [0.2, 0.25) is 5.91 Å². The quantitative estimate of drug-likeness (QED) is 0.621. The summed E-state index contributed by atoms with van der Waals surface area (Å²) in [5.41, 5.74) is 2.65. The van der Waals surface area contributed by atoms with Crippen molar-refractivity contribution in [1.82, 2.24) is 29.4 Å². The summed E-state index contributed by atoms with van der Waals surface area (Å²) in [6.07, 6.45) is 6.17. The molecule has 0 atom stereocenters. The number of amides is 1. The molecule has 4 heterocycles. The van der Waals surface area contributed by atoms with Crippen LogP contribution in [-0.4, -0.2) is 49.4 Å². The summed E-state index contributed by atoms with van der Waals surface area (Å²) < 4.78 is 15.4. The van der Waals surface area contributed by atoms with E-state index in [-0.39, 0.29) is 12.5 Å². The number of aromatic amines is 1. The third kappa shape index (κ3) is 2.51. The zero-order chi connectivity index (χ0) is 17.6. The van der Waals surface area contributed by atoms with Crippen molar-refractivity contribution >= 4 is 28.0 Å². The van der Waals surface area contributed by atoms with Crippen LogP contribution >= 0.6 is 0 Å². The Labute approximate surface area is 142 Å². The van der Waals surface area contributed by atoms with Crippen LogP contribution in [0.5, 0.6) is 0 Å². The van der Waals surface area contributed by atoms with Crippen LogP contribution < -0.4 is 0 Å². The van der Waals surface area contributed by atoms with E-state index < -0.39 is 5.82 Å². The highest BCUT2D eigenvalue weighted by Crippen LogP contribution is 2.31. The van der Waals surface area contributed by atoms with Crippen LogP contribution in [-0.2, 0) is 11.3 Å². The summed E-state index contributed by atoms with van der Waals surface area (Å²) in [7, 11) is 3.42. The van der Waals surface area contributed by atoms with Gasteiger partial charge in [-0.1, -0.05) is 0 Å². The Balaban J connectivity index is 1.87. The van der Waals surface area contributed by atoms with Gasteiger partial charge in [-0.05, 0) is 12.1 Å². The minimum absolute atomic E-state index is 0.0315. The van der Waals surface area contributed by atoms with Crippen LogP contribution in [0.4, 0.5) is 4.39 Å². The van der Waals surface area contributed by atoms with Gasteiger partial charge in [0.1, 0.15) is 30.0 Å². The zero-order valence-electron chi connectivity index (χ0n) is 13.7. The van der Waals surface area contributed by atoms with Crippen LogP contribution in [0, 0.1) is 5.82 Å². The summed E-state index contributed by atoms with van der Waals surface area (Å²) in [5, 5.41) is 1.44. The fourth-order valence-corrected chi connectivity index (χ4v) is 2.81. The van der Waals surface area contributed by atoms with E-state index in [2.05, 4.69) is 19.9 Å². The number of hydrogen-bond donors (Lipinski definition) is 1. The molecule has 1 N–H and O–H groups in total. The van der Waals surface area contributed by atoms with Gasteiger partial charge in [-0.15, -0.1) is 0 Å². The number of aromatic nitrogens is 5. The SMILES string of the molecule is CN(C)C(=O)Cn1ccc2c(-c3c[nH]c4ncc(F)cc34)ncnc21. The number of likely N-dealkylation sites (N-methyl/N-ethyl adjacent to an activating group) is 1. The number of nitrogens with one attached hydrogen (secondary N) is 1. The summed E-state index contributed by atoms with van der Waals surface area (Å²) in [5.74, 6) is -0.441. The lowest BCUT2D eigenvalue weighted by Gasteiger charge is -2.11. The molecule has 0 saturated carbocycles. The number of rotatable bonds is 3. The average Bonchev–Trinajstić information content (AvgIpc) is 3.18. The van der Waals surface area contributed by atoms with Gasteiger partial charge in [0.05, 0.1) is 11.9 Å². The zero-order valence-corrected chi connectivity index (χ0v) is 13.7. The Hall–Kier alpha value is -3.29. The van der Waals surface area contributed by atoms with Crippen molar-refractivity contribution < 1.29 is 9.18 Å². The number of carbonyl (C=O) groups is 1. The average molecular weight is 338 g/mol. The summed E-state index contributed by atoms with van der Waals surface area (Å²) >= 11 is 0. The second kappa shape index (κ2) is 5.66. The van der Waals surface area contributed by atoms with E-state index in [1.54, 1.807) is 31.1 Å². The van der Waals surface area contributed by atoms with Gasteiger partial charge in [-0.2, -0.15) is 0 Å². The van der Waals surface area contributed by atoms with E-state index in [4.69, 9.17) is 0 Å². The van der Waals surface area contributed by atoms with Gasteiger partial charge in [-0.3, -0.25) is 4.79 Å². The van der Waals surface area contributed by atoms with Gasteiger partial charge in [0.25, 0.3) is 0 Å². The maximum absolute atomic E-state index is 13.6. The number of nitrogens with zero attached hydrogens (tertiary/aromatic N) is 5. The van der Waals surface area contributed by atoms with Crippen LogP contribution in [0.3, 0.4) is 0 Å². The second-order valence-electron chi connectivity index (χ2n) is 5.94. The van der Waals surface area contributed by atoms with E-state index in [0.717, 1.165) is 10.9 Å². The molecule has 7 nitrogen and oxygen atoms in total. The molecule has 4 rings (SSSR count). The Morgan fingerprint density at radius 2 is 2.12 bits per heavy atom. The van der Waals surface area contributed by atoms with Crippen molar-refractivity contribution in [3.05, 3.63) is 42.9 Å². The van der Waals surface area contributed by atoms with Crippen molar-refractivity contribution in [2.75, 3.05) is 14.1 Å². The number of hydrogen-bond acceptors (Lipinski definition) is 4. The Morgan fingerprint density at radius 1 is 1.28 bits per heavy atom. The number of H-pyrrole nitrogens is 1. The van der Waals surface area contributed by atoms with E-state index in [9.17, 15) is 9.18 Å². The standard InChI is InChI=1S/C17H15FN6O/c1-23(2)14(25)8-24-4-3-11-15(21-9-22-17(11)24)13-7-20-16-12(13)5-10(18)6-19-16/h3-7,9H,8H2,1-2H3,(H,19,20). The molecule has 0 fully saturated rings. The molecule has 8 heteroatoms. The highest BCUT2D eigenvalue weighted by molar-refractivity contribution is 6.01. The van der Waals surface area contributed by atoms with Gasteiger partial charge >= 0.3 is 0 Å². The summed E-state index contributed by atoms with van der Waals surface area (Å²) in [6.45, 7) is 0.191. The van der Waals surface area contributed by atoms with Crippen LogP contribution in [0.1, 0.15) is 0 Å². The lowest BCUT2D eigenvalue weighted by Crippen LogP contribution is -2.26. The highest BCUT2D eigenvalue weighted by atomic mass is 19.1. The maximum Gasteiger partial charge on any atom is 0.242 e. The third-order valence-electron chi connectivity index (χ3n) is 4.11. The minimum atomic E-state index is -0.409. The first-order chi connectivity index (χ1) is 12.0. The molecule has 25 heavy (non-hydrogen) atoms. The third-order valence-corrected chi connectivity index (χ3v) is 4.11. The van der Waals surface area contributed by atoms with Crippen LogP contribution in [0.15, 0.2) is 37.1 Å². The Bertz CT molecular complexity index is 1100. The summed E-state index contributed by atoms with van der Waals surface area (Å²) in [4.78, 5) is 29.3. The number of halogens is 1. The van der Waals surface area contributed by atoms with Crippen molar-refractivity contribution in [1.29, 1.82) is 0 Å². The fourth-order valence-electron chi connectivity index (χ4n) is 2.81. The van der Waals surface area contributed by atoms with Gasteiger partial charge in [-0.25, -0.2) is 19.3 Å². The van der Waals surface area contributed by atoms with Crippen molar-refractivity contribution in [2.24, 2.45) is 0 Å². The first-order valence-electron chi connectivity index (χ1n) is 7.67. The fraction of sp³-hybridized carbons (Fsp3) is 0.176.